The van der Waals surface area contributed by atoms with Crippen LogP contribution in [-0.2, 0) is 0 Å². The number of nitrogens with zero attached hydrogens (tertiary/aromatic N) is 1. The van der Waals surface area contributed by atoms with Crippen LogP contribution in [0, 0.1) is 0 Å². The number of benzene rings is 2. The van der Waals surface area contributed by atoms with E-state index >= 15 is 0 Å². The van der Waals surface area contributed by atoms with Crippen LogP contribution in [0.25, 0.3) is 22.9 Å². The fourth-order valence-corrected chi connectivity index (χ4v) is 2.53. The summed E-state index contributed by atoms with van der Waals surface area (Å²) >= 11 is 0. The second-order valence-electron chi connectivity index (χ2n) is 5.27. The number of aromatic amines is 1. The van der Waals surface area contributed by atoms with E-state index < -0.39 is 0 Å². The largest absolute Gasteiger partial charge is 0.377 e. The highest BCUT2D eigenvalue weighted by Gasteiger charge is 2.05. The number of hydrogen-bond donors (Lipinski definition) is 0. The molecular formula is C19H19N2+. The van der Waals surface area contributed by atoms with E-state index in [4.69, 9.17) is 0 Å². The van der Waals surface area contributed by atoms with Crippen molar-refractivity contribution in [3.63, 3.8) is 0 Å². The van der Waals surface area contributed by atoms with E-state index in [1.165, 1.54) is 22.0 Å². The zero-order valence-electron chi connectivity index (χ0n) is 12.4. The van der Waals surface area contributed by atoms with E-state index in [0.717, 1.165) is 5.69 Å². The van der Waals surface area contributed by atoms with Crippen LogP contribution in [0.2, 0.25) is 0 Å². The number of pyridine rings is 1. The second kappa shape index (κ2) is 5.80. The van der Waals surface area contributed by atoms with Gasteiger partial charge >= 0.3 is 0 Å². The molecule has 2 nitrogen and oxygen atoms in total. The van der Waals surface area contributed by atoms with E-state index in [0.29, 0.717) is 0 Å². The van der Waals surface area contributed by atoms with Gasteiger partial charge in [0.1, 0.15) is 0 Å². The molecule has 2 heteroatoms. The van der Waals surface area contributed by atoms with Gasteiger partial charge in [0.15, 0.2) is 6.20 Å². The van der Waals surface area contributed by atoms with Crippen molar-refractivity contribution in [2.75, 3.05) is 19.0 Å². The Labute approximate surface area is 125 Å². The molecule has 0 amide bonds. The van der Waals surface area contributed by atoms with Gasteiger partial charge in [0.2, 0.25) is 5.69 Å². The van der Waals surface area contributed by atoms with Gasteiger partial charge in [-0.05, 0) is 29.2 Å². The third-order valence-corrected chi connectivity index (χ3v) is 3.59. The number of hydrogen-bond acceptors (Lipinski definition) is 1. The predicted molar refractivity (Wildman–Crippen MR) is 90.2 cm³/mol. The molecule has 0 unspecified atom stereocenters. The lowest BCUT2D eigenvalue weighted by Gasteiger charge is -2.16. The first-order valence-electron chi connectivity index (χ1n) is 7.09. The summed E-state index contributed by atoms with van der Waals surface area (Å²) in [6.45, 7) is 0. The molecule has 0 spiro atoms. The maximum absolute atomic E-state index is 3.22. The maximum Gasteiger partial charge on any atom is 0.203 e. The summed E-state index contributed by atoms with van der Waals surface area (Å²) in [5.74, 6) is 0. The zero-order chi connectivity index (χ0) is 14.7. The van der Waals surface area contributed by atoms with Gasteiger partial charge in [-0.1, -0.05) is 30.3 Å². The second-order valence-corrected chi connectivity index (χ2v) is 5.27. The summed E-state index contributed by atoms with van der Waals surface area (Å²) in [6.07, 6.45) is 6.21. The van der Waals surface area contributed by atoms with E-state index in [-0.39, 0.29) is 0 Å². The van der Waals surface area contributed by atoms with Crippen molar-refractivity contribution in [1.82, 2.24) is 0 Å². The summed E-state index contributed by atoms with van der Waals surface area (Å²) in [6, 6.07) is 19.0. The lowest BCUT2D eigenvalue weighted by molar-refractivity contribution is -0.380. The molecule has 1 aromatic heterocycles. The molecule has 3 aromatic rings. The maximum atomic E-state index is 3.22. The molecule has 0 radical (unpaired) electrons. The van der Waals surface area contributed by atoms with Crippen LogP contribution in [0.5, 0.6) is 0 Å². The number of fused-ring (bicyclic) bond motifs is 1. The van der Waals surface area contributed by atoms with E-state index in [1.807, 2.05) is 18.3 Å². The van der Waals surface area contributed by atoms with Crippen LogP contribution in [-0.4, -0.2) is 14.1 Å². The van der Waals surface area contributed by atoms with Gasteiger partial charge in [-0.15, -0.1) is 0 Å². The fraction of sp³-hybridized carbons (Fsp3) is 0.105. The summed E-state index contributed by atoms with van der Waals surface area (Å²) < 4.78 is 0. The normalized spacial score (nSPS) is 11.1. The van der Waals surface area contributed by atoms with Crippen molar-refractivity contribution in [3.05, 3.63) is 72.1 Å². The number of rotatable bonds is 3. The third-order valence-electron chi connectivity index (χ3n) is 3.59. The average molecular weight is 275 g/mol. The summed E-state index contributed by atoms with van der Waals surface area (Å²) in [5.41, 5.74) is 3.57. The van der Waals surface area contributed by atoms with Crippen LogP contribution in [0.4, 0.5) is 5.69 Å². The SMILES string of the molecule is CN(C)c1ccc(/C=C/c2cccc[nH+]2)c2ccccc12. The van der Waals surface area contributed by atoms with Crippen molar-refractivity contribution >= 4 is 28.6 Å². The molecule has 0 aliphatic rings. The Morgan fingerprint density at radius 1 is 0.810 bits per heavy atom. The van der Waals surface area contributed by atoms with Crippen molar-refractivity contribution in [2.45, 2.75) is 0 Å². The standard InChI is InChI=1S/C19H18N2/c1-21(2)19-13-11-15(17-8-3-4-9-18(17)19)10-12-16-7-5-6-14-20-16/h3-14H,1-2H3/p+1/b12-10+. The molecule has 104 valence electrons. The minimum absolute atomic E-state index is 1.10. The van der Waals surface area contributed by atoms with E-state index in [1.54, 1.807) is 0 Å². The van der Waals surface area contributed by atoms with Crippen molar-refractivity contribution in [1.29, 1.82) is 0 Å². The highest BCUT2D eigenvalue weighted by Crippen LogP contribution is 2.29. The lowest BCUT2D eigenvalue weighted by atomic mass is 10.0. The van der Waals surface area contributed by atoms with Gasteiger partial charge in [-0.2, -0.15) is 0 Å². The van der Waals surface area contributed by atoms with Crippen LogP contribution in [0.3, 0.4) is 0 Å². The highest BCUT2D eigenvalue weighted by molar-refractivity contribution is 6.00. The first-order valence-corrected chi connectivity index (χ1v) is 7.09. The van der Waals surface area contributed by atoms with Crippen LogP contribution in [0.15, 0.2) is 60.8 Å². The molecule has 1 N–H and O–H groups in total. The summed E-state index contributed by atoms with van der Waals surface area (Å²) in [5, 5.41) is 2.55. The Hall–Kier alpha value is -2.61. The van der Waals surface area contributed by atoms with Gasteiger partial charge in [0.25, 0.3) is 0 Å². The molecule has 0 fully saturated rings. The summed E-state index contributed by atoms with van der Waals surface area (Å²) in [7, 11) is 4.16. The van der Waals surface area contributed by atoms with Gasteiger partial charge in [0.05, 0.1) is 0 Å². The van der Waals surface area contributed by atoms with Crippen LogP contribution in [0.1, 0.15) is 11.3 Å². The summed E-state index contributed by atoms with van der Waals surface area (Å²) in [4.78, 5) is 5.37. The average Bonchev–Trinajstić information content (AvgIpc) is 2.53. The van der Waals surface area contributed by atoms with Crippen LogP contribution < -0.4 is 9.88 Å². The van der Waals surface area contributed by atoms with Gasteiger partial charge < -0.3 is 4.90 Å². The zero-order valence-corrected chi connectivity index (χ0v) is 12.4. The monoisotopic (exact) mass is 275 g/mol. The Kier molecular flexibility index (Phi) is 3.69. The fourth-order valence-electron chi connectivity index (χ4n) is 2.53. The topological polar surface area (TPSA) is 17.4 Å². The first kappa shape index (κ1) is 13.4. The molecule has 0 saturated heterocycles. The number of aromatic nitrogens is 1. The van der Waals surface area contributed by atoms with Crippen molar-refractivity contribution in [2.24, 2.45) is 0 Å². The first-order chi connectivity index (χ1) is 10.3. The Morgan fingerprint density at radius 3 is 2.29 bits per heavy atom. The molecule has 0 atom stereocenters. The van der Waals surface area contributed by atoms with E-state index in [2.05, 4.69) is 78.6 Å². The van der Waals surface area contributed by atoms with E-state index in [9.17, 15) is 0 Å². The van der Waals surface area contributed by atoms with Crippen molar-refractivity contribution < 1.29 is 4.98 Å². The number of H-pyrrole nitrogens is 1. The van der Waals surface area contributed by atoms with Crippen LogP contribution >= 0.6 is 0 Å². The quantitative estimate of drug-likeness (QED) is 0.709. The lowest BCUT2D eigenvalue weighted by Crippen LogP contribution is -2.09. The minimum atomic E-state index is 1.10. The smallest absolute Gasteiger partial charge is 0.203 e. The Balaban J connectivity index is 2.08. The number of anilines is 1. The Morgan fingerprint density at radius 2 is 1.57 bits per heavy atom. The Bertz CT molecular complexity index is 774. The predicted octanol–water partition coefficient (Wildman–Crippen LogP) is 3.89. The molecule has 0 bridgehead atoms. The third kappa shape index (κ3) is 2.79. The molecule has 3 rings (SSSR count). The van der Waals surface area contributed by atoms with Gasteiger partial charge in [-0.25, -0.2) is 4.98 Å². The molecular weight excluding hydrogens is 256 g/mol. The molecule has 0 saturated carbocycles. The molecule has 21 heavy (non-hydrogen) atoms. The molecule has 0 aliphatic heterocycles. The van der Waals surface area contributed by atoms with Gasteiger partial charge in [-0.3, -0.25) is 0 Å². The highest BCUT2D eigenvalue weighted by atomic mass is 15.1. The molecule has 2 aromatic carbocycles. The number of nitrogens with one attached hydrogen (secondary N) is 1. The van der Waals surface area contributed by atoms with Crippen molar-refractivity contribution in [3.8, 4) is 0 Å². The van der Waals surface area contributed by atoms with Gasteiger partial charge in [0, 0.05) is 43.4 Å². The minimum Gasteiger partial charge on any atom is -0.377 e. The molecule has 1 heterocycles. The molecule has 0 aliphatic carbocycles.